The van der Waals surface area contributed by atoms with Gasteiger partial charge < -0.3 is 30.8 Å². The van der Waals surface area contributed by atoms with E-state index in [1.807, 2.05) is 0 Å². The number of rotatable bonds is 12. The molecule has 1 aromatic heterocycles. The number of anilines is 2. The smallest absolute Gasteiger partial charge is 0.744 e. The molecule has 16 nitrogen and oxygen atoms in total. The van der Waals surface area contributed by atoms with Crippen LogP contribution in [0.1, 0.15) is 11.1 Å². The Morgan fingerprint density at radius 1 is 1.10 bits per heavy atom. The van der Waals surface area contributed by atoms with Gasteiger partial charge in [0.15, 0.2) is 17.4 Å². The van der Waals surface area contributed by atoms with E-state index in [9.17, 15) is 32.1 Å². The van der Waals surface area contributed by atoms with Gasteiger partial charge in [-0.25, -0.2) is 14.1 Å². The molecular formula is C24H14ClCuF2N7Na2O9S2. The van der Waals surface area contributed by atoms with E-state index in [4.69, 9.17) is 16.9 Å². The first-order chi connectivity index (χ1) is 21.5. The van der Waals surface area contributed by atoms with Gasteiger partial charge in [-0.3, -0.25) is 15.2 Å². The number of nitrogens with one attached hydrogen (secondary N) is 1. The van der Waals surface area contributed by atoms with Crippen LogP contribution in [0.2, 0.25) is 5.02 Å². The van der Waals surface area contributed by atoms with E-state index < -0.39 is 55.0 Å². The van der Waals surface area contributed by atoms with Gasteiger partial charge in [0.1, 0.15) is 20.8 Å². The number of amidine groups is 1. The van der Waals surface area contributed by atoms with Crippen LogP contribution >= 0.6 is 23.6 Å². The SMILES string of the molecule is O=S(=O)([O-])c1cc(N=N/C(=N\[N-]c2cc(SOO[O-])ccc2[CH-]OO)c2ccccc2)c(O)c(Nc2nc(F)nc(F)c2Cl)c1.[Cu+2].[Na+].[Na+]. The molecule has 4 rings (SSSR count). The Kier molecular flexibility index (Phi) is 18.9. The maximum absolute atomic E-state index is 13.8. The van der Waals surface area contributed by atoms with Gasteiger partial charge in [-0.2, -0.15) is 34.7 Å². The molecule has 48 heavy (non-hydrogen) atoms. The van der Waals surface area contributed by atoms with Crippen LogP contribution in [0.25, 0.3) is 5.43 Å². The van der Waals surface area contributed by atoms with Crippen LogP contribution in [0.3, 0.4) is 0 Å². The summed E-state index contributed by atoms with van der Waals surface area (Å²) < 4.78 is 67.3. The minimum absolute atomic E-state index is 0. The molecule has 0 aliphatic carbocycles. The van der Waals surface area contributed by atoms with Crippen LogP contribution in [0.5, 0.6) is 5.75 Å². The summed E-state index contributed by atoms with van der Waals surface area (Å²) in [5.74, 6) is -3.24. The van der Waals surface area contributed by atoms with Crippen LogP contribution in [0.4, 0.5) is 31.7 Å². The van der Waals surface area contributed by atoms with Crippen LogP contribution in [-0.2, 0) is 41.4 Å². The standard InChI is InChI=1S/C24H16ClF2N7O9S2.Cu.2Na/c25-19-21(26)29-24(27)30-23(19)28-17-9-15(45(38,39)40)10-18(20(17)35)32-34-22(12-4-2-1-3-5-12)33-31-16-8-14(44-43-42-37)7-6-13(16)11-41-36;;;/h1-11H,(H5-,28,29,30,31,32,33,34,35,36,37,38,39,40);;;/q-2;+2;2*+1/p-2. The average Bonchev–Trinajstić information content (AvgIpc) is 3.01. The third-order valence-corrected chi connectivity index (χ3v) is 6.98. The van der Waals surface area contributed by atoms with Gasteiger partial charge in [0.2, 0.25) is 5.95 Å². The van der Waals surface area contributed by atoms with Gasteiger partial charge >= 0.3 is 82.3 Å². The second-order valence-electron chi connectivity index (χ2n) is 8.12. The minimum Gasteiger partial charge on any atom is -0.744 e. The summed E-state index contributed by atoms with van der Waals surface area (Å²) in [7, 11) is -5.18. The van der Waals surface area contributed by atoms with Crippen molar-refractivity contribution in [2.24, 2.45) is 15.3 Å². The number of hydrogen-bond donors (Lipinski definition) is 3. The Morgan fingerprint density at radius 3 is 2.46 bits per heavy atom. The van der Waals surface area contributed by atoms with Crippen molar-refractivity contribution in [1.29, 1.82) is 0 Å². The Morgan fingerprint density at radius 2 is 1.81 bits per heavy atom. The second-order valence-corrected chi connectivity index (χ2v) is 10.6. The number of phenols is 1. The quantitative estimate of drug-likeness (QED) is 0.0129. The summed E-state index contributed by atoms with van der Waals surface area (Å²) in [6.45, 7) is 0.917. The zero-order valence-electron chi connectivity index (χ0n) is 24.0. The van der Waals surface area contributed by atoms with Gasteiger partial charge in [0, 0.05) is 10.5 Å². The molecule has 0 amide bonds. The van der Waals surface area contributed by atoms with Crippen molar-refractivity contribution in [3.63, 3.8) is 0 Å². The summed E-state index contributed by atoms with van der Waals surface area (Å²) in [6.07, 6.45) is -1.54. The molecule has 0 fully saturated rings. The predicted molar refractivity (Wildman–Crippen MR) is 148 cm³/mol. The molecule has 1 radical (unpaired) electrons. The zero-order valence-corrected chi connectivity index (χ0v) is 31.4. The maximum atomic E-state index is 13.8. The summed E-state index contributed by atoms with van der Waals surface area (Å²) in [4.78, 5) is 9.51. The second kappa shape index (κ2) is 20.6. The molecule has 24 heteroatoms. The van der Waals surface area contributed by atoms with Crippen molar-refractivity contribution < 1.29 is 128 Å². The first kappa shape index (κ1) is 44.0. The van der Waals surface area contributed by atoms with Gasteiger partial charge in [-0.05, 0) is 18.7 Å². The fourth-order valence-electron chi connectivity index (χ4n) is 3.31. The molecule has 0 spiro atoms. The van der Waals surface area contributed by atoms with Crippen LogP contribution in [0.15, 0.2) is 85.8 Å². The third-order valence-electron chi connectivity index (χ3n) is 5.27. The van der Waals surface area contributed by atoms with Gasteiger partial charge in [0.25, 0.3) is 0 Å². The Bertz CT molecular complexity index is 1880. The fraction of sp³-hybridized carbons (Fsp3) is 0. The van der Waals surface area contributed by atoms with E-state index >= 15 is 0 Å². The predicted octanol–water partition coefficient (Wildman–Crippen LogP) is -0.852. The molecule has 0 aliphatic rings. The topological polar surface area (TPSA) is 237 Å². The van der Waals surface area contributed by atoms with Gasteiger partial charge in [-0.1, -0.05) is 41.9 Å². The molecule has 245 valence electrons. The Hall–Kier alpha value is -1.99. The van der Waals surface area contributed by atoms with Crippen molar-refractivity contribution in [3.8, 4) is 5.75 Å². The number of phenolic OH excluding ortho intramolecular Hbond substituents is 1. The molecule has 0 aliphatic heterocycles. The normalized spacial score (nSPS) is 11.2. The molecule has 0 atom stereocenters. The maximum Gasteiger partial charge on any atom is 2.00 e. The summed E-state index contributed by atoms with van der Waals surface area (Å²) in [5, 5.41) is 46.5. The molecule has 0 saturated heterocycles. The van der Waals surface area contributed by atoms with Crippen molar-refractivity contribution in [1.82, 2.24) is 9.97 Å². The average molecular weight is 792 g/mol. The van der Waals surface area contributed by atoms with Crippen LogP contribution in [-0.4, -0.2) is 39.1 Å². The number of benzene rings is 3. The summed E-state index contributed by atoms with van der Waals surface area (Å²) >= 11 is 6.29. The molecule has 4 aromatic rings. The van der Waals surface area contributed by atoms with E-state index in [1.165, 1.54) is 18.2 Å². The van der Waals surface area contributed by atoms with E-state index in [0.29, 0.717) is 34.6 Å². The molecule has 0 unspecified atom stereocenters. The van der Waals surface area contributed by atoms with Crippen molar-refractivity contribution in [2.45, 2.75) is 9.79 Å². The first-order valence-electron chi connectivity index (χ1n) is 11.6. The number of hydrogen-bond acceptors (Lipinski definition) is 15. The first-order valence-corrected chi connectivity index (χ1v) is 14.2. The molecule has 3 aromatic carbocycles. The van der Waals surface area contributed by atoms with Crippen LogP contribution in [0, 0.1) is 18.6 Å². The number of aromatic nitrogens is 2. The van der Waals surface area contributed by atoms with E-state index in [2.05, 4.69) is 50.3 Å². The molecule has 3 N–H and O–H groups in total. The van der Waals surface area contributed by atoms with E-state index in [1.54, 1.807) is 30.3 Å². The third kappa shape index (κ3) is 12.1. The van der Waals surface area contributed by atoms with Gasteiger partial charge in [0.05, 0.1) is 22.6 Å². The molecular weight excluding hydrogens is 777 g/mol. The fourth-order valence-corrected chi connectivity index (χ4v) is 4.35. The number of halogens is 3. The Labute approximate surface area is 334 Å². The zero-order chi connectivity index (χ0) is 32.6. The van der Waals surface area contributed by atoms with Gasteiger partial charge in [-0.15, -0.1) is 22.4 Å². The van der Waals surface area contributed by atoms with E-state index in [-0.39, 0.29) is 93.3 Å². The summed E-state index contributed by atoms with van der Waals surface area (Å²) in [5.41, 5.74) is 3.44. The monoisotopic (exact) mass is 790 g/mol. The van der Waals surface area contributed by atoms with Crippen molar-refractivity contribution in [3.05, 3.63) is 101 Å². The number of aromatic hydroxyl groups is 1. The molecule has 1 heterocycles. The molecule has 0 bridgehead atoms. The molecule has 0 saturated carbocycles. The Balaban J connectivity index is 0.00000384. The van der Waals surface area contributed by atoms with E-state index in [0.717, 1.165) is 6.61 Å². The number of azo groups is 1. The minimum atomic E-state index is -5.18. The largest absolute Gasteiger partial charge is 2.00 e. The number of nitrogens with zero attached hydrogens (tertiary/aromatic N) is 6. The van der Waals surface area contributed by atoms with Crippen molar-refractivity contribution in [2.75, 3.05) is 5.32 Å². The van der Waals surface area contributed by atoms with Crippen LogP contribution < -0.4 is 69.7 Å². The van der Waals surface area contributed by atoms with Crippen molar-refractivity contribution >= 4 is 62.5 Å². The summed E-state index contributed by atoms with van der Waals surface area (Å²) in [6, 6.07) is 13.6.